The van der Waals surface area contributed by atoms with Crippen molar-refractivity contribution in [2.45, 2.75) is 12.6 Å². The average molecular weight is 476 g/mol. The molecule has 0 aliphatic rings. The van der Waals surface area contributed by atoms with Crippen LogP contribution in [0.25, 0.3) is 5.69 Å². The van der Waals surface area contributed by atoms with Crippen LogP contribution >= 0.6 is 11.6 Å². The molecule has 0 radical (unpaired) electrons. The van der Waals surface area contributed by atoms with Crippen molar-refractivity contribution in [2.24, 2.45) is 5.16 Å². The normalized spacial score (nSPS) is 12.9. The van der Waals surface area contributed by atoms with E-state index in [9.17, 15) is 22.5 Å². The summed E-state index contributed by atoms with van der Waals surface area (Å²) in [6.07, 6.45) is 4.15. The number of amides is 1. The van der Waals surface area contributed by atoms with Crippen molar-refractivity contribution in [1.29, 1.82) is 0 Å². The van der Waals surface area contributed by atoms with Gasteiger partial charge in [0, 0.05) is 6.20 Å². The van der Waals surface area contributed by atoms with E-state index in [2.05, 4.69) is 26.0 Å². The maximum Gasteiger partial charge on any atom is 0.393 e. The molecule has 0 fully saturated rings. The van der Waals surface area contributed by atoms with Crippen LogP contribution in [0.15, 0.2) is 35.9 Å². The molecule has 8 nitrogen and oxygen atoms in total. The molecule has 2 rings (SSSR count). The zero-order valence-electron chi connectivity index (χ0n) is 16.2. The highest BCUT2D eigenvalue weighted by Crippen LogP contribution is 2.26. The van der Waals surface area contributed by atoms with E-state index in [1.165, 1.54) is 17.1 Å². The summed E-state index contributed by atoms with van der Waals surface area (Å²) in [6.45, 7) is -0.255. The van der Waals surface area contributed by atoms with Gasteiger partial charge in [-0.2, -0.15) is 18.3 Å². The van der Waals surface area contributed by atoms with Gasteiger partial charge in [-0.3, -0.25) is 14.7 Å². The van der Waals surface area contributed by atoms with Crippen LogP contribution in [0.1, 0.15) is 6.42 Å². The Bertz CT molecular complexity index is 963. The smallest absolute Gasteiger partial charge is 0.393 e. The maximum atomic E-state index is 13.0. The highest BCUT2D eigenvalue weighted by atomic mass is 35.5. The molecule has 31 heavy (non-hydrogen) atoms. The summed E-state index contributed by atoms with van der Waals surface area (Å²) < 4.78 is 50.6. The molecule has 0 aliphatic carbocycles. The maximum absolute atomic E-state index is 13.0. The number of anilines is 1. The average Bonchev–Trinajstić information content (AvgIpc) is 3.11. The van der Waals surface area contributed by atoms with Crippen molar-refractivity contribution in [3.8, 4) is 18.0 Å². The van der Waals surface area contributed by atoms with Crippen molar-refractivity contribution >= 4 is 40.1 Å². The van der Waals surface area contributed by atoms with E-state index in [-0.39, 0.29) is 23.1 Å². The number of hydrogen-bond donors (Lipinski definition) is 0. The monoisotopic (exact) mass is 475 g/mol. The molecule has 0 N–H and O–H groups in total. The number of alkyl halides is 3. The molecule has 2 aromatic heterocycles. The Labute approximate surface area is 184 Å². The van der Waals surface area contributed by atoms with Crippen LogP contribution in [0.2, 0.25) is 5.15 Å². The number of oxime groups is 1. The van der Waals surface area contributed by atoms with Crippen molar-refractivity contribution in [1.82, 2.24) is 14.8 Å². The van der Waals surface area contributed by atoms with E-state index < -0.39 is 41.2 Å². The molecule has 0 bridgehead atoms. The Hall–Kier alpha value is -2.75. The summed E-state index contributed by atoms with van der Waals surface area (Å²) in [5, 5.41) is 7.58. The molecule has 0 aliphatic heterocycles. The van der Waals surface area contributed by atoms with Crippen molar-refractivity contribution in [3.05, 3.63) is 35.9 Å². The number of rotatable bonds is 9. The number of aromatic nitrogens is 3. The van der Waals surface area contributed by atoms with Crippen LogP contribution in [0, 0.1) is 12.3 Å². The number of carbonyl (C=O) groups excluding carboxylic acids is 1. The highest BCUT2D eigenvalue weighted by Gasteiger charge is 2.32. The fourth-order valence-electron chi connectivity index (χ4n) is 2.35. The SMILES string of the molecule is C#CCN(C(=O)C(C[S+]([O-])CCC(F)(F)F)=NOC)c1cn(-c2cccnc2)nc1Cl. The Morgan fingerprint density at radius 3 is 2.84 bits per heavy atom. The van der Waals surface area contributed by atoms with Gasteiger partial charge >= 0.3 is 6.18 Å². The summed E-state index contributed by atoms with van der Waals surface area (Å²) in [4.78, 5) is 22.6. The molecular weight excluding hydrogens is 459 g/mol. The minimum absolute atomic E-state index is 0.0672. The van der Waals surface area contributed by atoms with E-state index >= 15 is 0 Å². The fourth-order valence-corrected chi connectivity index (χ4v) is 3.67. The zero-order chi connectivity index (χ0) is 23.0. The molecule has 2 aromatic rings. The summed E-state index contributed by atoms with van der Waals surface area (Å²) in [6, 6.07) is 3.38. The quantitative estimate of drug-likeness (QED) is 0.240. The van der Waals surface area contributed by atoms with E-state index in [1.54, 1.807) is 18.3 Å². The van der Waals surface area contributed by atoms with Crippen molar-refractivity contribution in [2.75, 3.05) is 30.1 Å². The summed E-state index contributed by atoms with van der Waals surface area (Å²) in [7, 11) is 1.14. The second-order valence-corrected chi connectivity index (χ2v) is 7.86. The van der Waals surface area contributed by atoms with Crippen molar-refractivity contribution in [3.63, 3.8) is 0 Å². The molecule has 0 spiro atoms. The highest BCUT2D eigenvalue weighted by molar-refractivity contribution is 7.92. The summed E-state index contributed by atoms with van der Waals surface area (Å²) in [5.74, 6) is 0.226. The van der Waals surface area contributed by atoms with E-state index in [1.807, 2.05) is 0 Å². The predicted molar refractivity (Wildman–Crippen MR) is 111 cm³/mol. The fraction of sp³-hybridized carbons (Fsp3) is 0.333. The predicted octanol–water partition coefficient (Wildman–Crippen LogP) is 2.59. The second-order valence-electron chi connectivity index (χ2n) is 5.93. The van der Waals surface area contributed by atoms with Crippen LogP contribution in [0.5, 0.6) is 0 Å². The molecule has 1 amide bonds. The number of hydrogen-bond acceptors (Lipinski definition) is 6. The van der Waals surface area contributed by atoms with Crippen LogP contribution in [0.4, 0.5) is 18.9 Å². The minimum atomic E-state index is -4.47. The third-order valence-corrected chi connectivity index (χ3v) is 5.23. The van der Waals surface area contributed by atoms with Gasteiger partial charge in [0.05, 0.1) is 31.0 Å². The first-order valence-corrected chi connectivity index (χ1v) is 10.5. The molecule has 1 unspecified atom stereocenters. The third kappa shape index (κ3) is 7.16. The first-order valence-electron chi connectivity index (χ1n) is 8.59. The van der Waals surface area contributed by atoms with Gasteiger partial charge in [0.15, 0.2) is 16.6 Å². The molecule has 1 atom stereocenters. The van der Waals surface area contributed by atoms with Gasteiger partial charge < -0.3 is 9.39 Å². The number of halogens is 4. The van der Waals surface area contributed by atoms with Crippen LogP contribution < -0.4 is 4.90 Å². The van der Waals surface area contributed by atoms with Gasteiger partial charge in [0.2, 0.25) is 0 Å². The third-order valence-electron chi connectivity index (χ3n) is 3.71. The molecule has 0 saturated heterocycles. The van der Waals surface area contributed by atoms with Crippen LogP contribution in [0.3, 0.4) is 0 Å². The summed E-state index contributed by atoms with van der Waals surface area (Å²) in [5.41, 5.74) is 0.310. The lowest BCUT2D eigenvalue weighted by Gasteiger charge is -2.20. The van der Waals surface area contributed by atoms with Gasteiger partial charge in [0.1, 0.15) is 18.6 Å². The van der Waals surface area contributed by atoms with E-state index in [0.717, 1.165) is 12.0 Å². The lowest BCUT2D eigenvalue weighted by Crippen LogP contribution is -2.40. The Morgan fingerprint density at radius 1 is 1.52 bits per heavy atom. The zero-order valence-corrected chi connectivity index (χ0v) is 17.7. The Morgan fingerprint density at radius 2 is 2.26 bits per heavy atom. The second kappa shape index (κ2) is 11.0. The van der Waals surface area contributed by atoms with Crippen LogP contribution in [-0.4, -0.2) is 62.3 Å². The van der Waals surface area contributed by atoms with Gasteiger partial charge in [0.25, 0.3) is 5.91 Å². The topological polar surface area (TPSA) is 95.7 Å². The number of nitrogens with zero attached hydrogens (tertiary/aromatic N) is 5. The summed E-state index contributed by atoms with van der Waals surface area (Å²) >= 11 is 4.17. The van der Waals surface area contributed by atoms with E-state index in [0.29, 0.717) is 5.69 Å². The van der Waals surface area contributed by atoms with E-state index in [4.69, 9.17) is 18.0 Å². The van der Waals surface area contributed by atoms with Gasteiger partial charge in [-0.1, -0.05) is 22.7 Å². The van der Waals surface area contributed by atoms with Gasteiger partial charge in [-0.15, -0.1) is 6.42 Å². The standard InChI is InChI=1S/C18H17ClF3N5O3S/c1-3-8-26(15-11-27(24-16(15)19)13-5-4-7-23-10-13)17(28)14(25-30-2)12-31(29)9-6-18(20,21)22/h1,4-5,7,10-11H,6,8-9,12H2,2H3. The minimum Gasteiger partial charge on any atom is -0.616 e. The van der Waals surface area contributed by atoms with Crippen molar-refractivity contribution < 1.29 is 27.4 Å². The molecule has 0 aromatic carbocycles. The largest absolute Gasteiger partial charge is 0.616 e. The van der Waals surface area contributed by atoms with Gasteiger partial charge in [-0.25, -0.2) is 4.68 Å². The Balaban J connectivity index is 2.28. The first-order chi connectivity index (χ1) is 14.7. The first kappa shape index (κ1) is 24.5. The van der Waals surface area contributed by atoms with Crippen LogP contribution in [-0.2, 0) is 20.8 Å². The number of carbonyl (C=O) groups is 1. The molecule has 0 saturated carbocycles. The lowest BCUT2D eigenvalue weighted by molar-refractivity contribution is -0.129. The molecule has 2 heterocycles. The van der Waals surface area contributed by atoms with Gasteiger partial charge in [-0.05, 0) is 23.3 Å². The molecule has 13 heteroatoms. The lowest BCUT2D eigenvalue weighted by atomic mass is 10.3. The number of pyridine rings is 1. The number of terminal acetylenes is 1. The molecule has 166 valence electrons. The molecular formula is C18H17ClF3N5O3S. The Kier molecular flexibility index (Phi) is 8.73.